The lowest BCUT2D eigenvalue weighted by Gasteiger charge is -2.23. The molecule has 1 saturated carbocycles. The Balaban J connectivity index is 2.03. The first-order valence-electron chi connectivity index (χ1n) is 7.22. The fraction of sp³-hybridized carbons (Fsp3) is 0.857. The molecule has 0 unspecified atom stereocenters. The van der Waals surface area contributed by atoms with Gasteiger partial charge in [0.25, 0.3) is 0 Å². The summed E-state index contributed by atoms with van der Waals surface area (Å²) in [7, 11) is 0. The quantitative estimate of drug-likeness (QED) is 0.835. The molecular weight excluding hydrogens is 226 g/mol. The maximum absolute atomic E-state index is 6.46. The van der Waals surface area contributed by atoms with E-state index in [1.165, 1.54) is 25.7 Å². The van der Waals surface area contributed by atoms with E-state index in [2.05, 4.69) is 24.0 Å². The summed E-state index contributed by atoms with van der Waals surface area (Å²) in [6.07, 6.45) is 8.80. The van der Waals surface area contributed by atoms with Crippen LogP contribution in [0.4, 0.5) is 0 Å². The number of hydrogen-bond acceptors (Lipinski definition) is 4. The van der Waals surface area contributed by atoms with Gasteiger partial charge in [-0.15, -0.1) is 0 Å². The minimum atomic E-state index is -0.351. The van der Waals surface area contributed by atoms with Crippen LogP contribution in [-0.2, 0) is 12.0 Å². The summed E-state index contributed by atoms with van der Waals surface area (Å²) >= 11 is 0. The van der Waals surface area contributed by atoms with Crippen LogP contribution in [0.15, 0.2) is 4.52 Å². The maximum atomic E-state index is 6.46. The van der Waals surface area contributed by atoms with E-state index in [9.17, 15) is 0 Å². The summed E-state index contributed by atoms with van der Waals surface area (Å²) in [5.74, 6) is 2.13. The molecule has 0 aromatic carbocycles. The van der Waals surface area contributed by atoms with Crippen molar-refractivity contribution in [3.05, 3.63) is 11.7 Å². The van der Waals surface area contributed by atoms with E-state index >= 15 is 0 Å². The monoisotopic (exact) mass is 251 g/mol. The van der Waals surface area contributed by atoms with Crippen LogP contribution in [0.5, 0.6) is 0 Å². The van der Waals surface area contributed by atoms with E-state index in [1.807, 2.05) is 0 Å². The zero-order valence-electron chi connectivity index (χ0n) is 11.6. The smallest absolute Gasteiger partial charge is 0.226 e. The van der Waals surface area contributed by atoms with E-state index in [1.54, 1.807) is 0 Å². The third-order valence-electron chi connectivity index (χ3n) is 3.84. The van der Waals surface area contributed by atoms with Gasteiger partial charge in [0.1, 0.15) is 0 Å². The number of aromatic nitrogens is 2. The van der Waals surface area contributed by atoms with Crippen LogP contribution in [0.1, 0.15) is 70.5 Å². The molecule has 0 bridgehead atoms. The molecule has 102 valence electrons. The molecular formula is C14H25N3O. The topological polar surface area (TPSA) is 64.9 Å². The van der Waals surface area contributed by atoms with Crippen LogP contribution in [0, 0.1) is 5.92 Å². The molecule has 2 N–H and O–H groups in total. The normalized spacial score (nSPS) is 20.0. The Morgan fingerprint density at radius 3 is 2.50 bits per heavy atom. The Hall–Kier alpha value is -0.900. The van der Waals surface area contributed by atoms with Crippen molar-refractivity contribution in [2.24, 2.45) is 11.7 Å². The van der Waals surface area contributed by atoms with Gasteiger partial charge < -0.3 is 10.3 Å². The minimum Gasteiger partial charge on any atom is -0.339 e. The molecule has 1 aliphatic carbocycles. The summed E-state index contributed by atoms with van der Waals surface area (Å²) in [4.78, 5) is 4.52. The van der Waals surface area contributed by atoms with Gasteiger partial charge in [-0.25, -0.2) is 0 Å². The van der Waals surface area contributed by atoms with Crippen molar-refractivity contribution < 1.29 is 4.52 Å². The van der Waals surface area contributed by atoms with Crippen LogP contribution in [0.3, 0.4) is 0 Å². The average Bonchev–Trinajstić information content (AvgIpc) is 2.70. The molecule has 0 spiro atoms. The summed E-state index contributed by atoms with van der Waals surface area (Å²) in [5.41, 5.74) is 6.11. The molecule has 0 amide bonds. The highest BCUT2D eigenvalue weighted by molar-refractivity contribution is 5.04. The number of nitrogens with zero attached hydrogens (tertiary/aromatic N) is 2. The molecule has 0 aliphatic heterocycles. The van der Waals surface area contributed by atoms with Crippen LogP contribution in [0.2, 0.25) is 0 Å². The number of aryl methyl sites for hydroxylation is 1. The SMILES string of the molecule is CC(C)CCc1nc(C2(N)CCCCCC2)no1. The average molecular weight is 251 g/mol. The van der Waals surface area contributed by atoms with Crippen molar-refractivity contribution >= 4 is 0 Å². The van der Waals surface area contributed by atoms with Crippen LogP contribution < -0.4 is 5.73 Å². The van der Waals surface area contributed by atoms with E-state index in [4.69, 9.17) is 10.3 Å². The lowest BCUT2D eigenvalue weighted by molar-refractivity contribution is 0.322. The molecule has 4 heteroatoms. The Kier molecular flexibility index (Phi) is 4.38. The lowest BCUT2D eigenvalue weighted by Crippen LogP contribution is -2.37. The predicted octanol–water partition coefficient (Wildman–Crippen LogP) is 3.17. The fourth-order valence-electron chi connectivity index (χ4n) is 2.55. The molecule has 1 aromatic rings. The zero-order chi connectivity index (χ0) is 13.0. The first kappa shape index (κ1) is 13.5. The fourth-order valence-corrected chi connectivity index (χ4v) is 2.55. The Morgan fingerprint density at radius 1 is 1.22 bits per heavy atom. The summed E-state index contributed by atoms with van der Waals surface area (Å²) in [6, 6.07) is 0. The number of rotatable bonds is 4. The van der Waals surface area contributed by atoms with E-state index in [-0.39, 0.29) is 5.54 Å². The van der Waals surface area contributed by atoms with Gasteiger partial charge in [0.2, 0.25) is 5.89 Å². The van der Waals surface area contributed by atoms with Crippen molar-refractivity contribution in [3.63, 3.8) is 0 Å². The second-order valence-corrected chi connectivity index (χ2v) is 6.01. The van der Waals surface area contributed by atoms with Crippen molar-refractivity contribution in [3.8, 4) is 0 Å². The van der Waals surface area contributed by atoms with E-state index in [0.717, 1.165) is 37.4 Å². The minimum absolute atomic E-state index is 0.351. The van der Waals surface area contributed by atoms with Crippen molar-refractivity contribution in [2.75, 3.05) is 0 Å². The Morgan fingerprint density at radius 2 is 1.89 bits per heavy atom. The van der Waals surface area contributed by atoms with Gasteiger partial charge in [-0.2, -0.15) is 4.98 Å². The van der Waals surface area contributed by atoms with E-state index in [0.29, 0.717) is 5.92 Å². The maximum Gasteiger partial charge on any atom is 0.226 e. The first-order valence-corrected chi connectivity index (χ1v) is 7.22. The molecule has 0 radical (unpaired) electrons. The highest BCUT2D eigenvalue weighted by atomic mass is 16.5. The molecule has 0 atom stereocenters. The van der Waals surface area contributed by atoms with Crippen LogP contribution in [0.25, 0.3) is 0 Å². The standard InChI is InChI=1S/C14H25N3O/c1-11(2)7-8-12-16-13(17-18-12)14(15)9-5-3-4-6-10-14/h11H,3-10,15H2,1-2H3. The highest BCUT2D eigenvalue weighted by Crippen LogP contribution is 2.32. The van der Waals surface area contributed by atoms with Gasteiger partial charge in [0.15, 0.2) is 5.82 Å². The van der Waals surface area contributed by atoms with Gasteiger partial charge in [-0.3, -0.25) is 0 Å². The summed E-state index contributed by atoms with van der Waals surface area (Å²) in [5, 5.41) is 4.12. The molecule has 1 fully saturated rings. The van der Waals surface area contributed by atoms with Crippen LogP contribution in [-0.4, -0.2) is 10.1 Å². The highest BCUT2D eigenvalue weighted by Gasteiger charge is 2.33. The molecule has 4 nitrogen and oxygen atoms in total. The van der Waals surface area contributed by atoms with Gasteiger partial charge in [-0.05, 0) is 25.2 Å². The third kappa shape index (κ3) is 3.31. The first-order chi connectivity index (χ1) is 8.60. The summed E-state index contributed by atoms with van der Waals surface area (Å²) in [6.45, 7) is 4.40. The van der Waals surface area contributed by atoms with Crippen molar-refractivity contribution in [2.45, 2.75) is 70.8 Å². The summed E-state index contributed by atoms with van der Waals surface area (Å²) < 4.78 is 5.33. The lowest BCUT2D eigenvalue weighted by atomic mass is 9.91. The second-order valence-electron chi connectivity index (χ2n) is 6.01. The molecule has 1 aliphatic rings. The predicted molar refractivity (Wildman–Crippen MR) is 71.0 cm³/mol. The van der Waals surface area contributed by atoms with Gasteiger partial charge in [0, 0.05) is 6.42 Å². The van der Waals surface area contributed by atoms with Crippen LogP contribution >= 0.6 is 0 Å². The number of nitrogens with two attached hydrogens (primary N) is 1. The Bertz CT molecular complexity index is 365. The Labute approximate surface area is 109 Å². The molecule has 2 rings (SSSR count). The molecule has 18 heavy (non-hydrogen) atoms. The van der Waals surface area contributed by atoms with Crippen molar-refractivity contribution in [1.82, 2.24) is 10.1 Å². The van der Waals surface area contributed by atoms with Gasteiger partial charge >= 0.3 is 0 Å². The van der Waals surface area contributed by atoms with Crippen molar-refractivity contribution in [1.29, 1.82) is 0 Å². The van der Waals surface area contributed by atoms with Gasteiger partial charge in [0.05, 0.1) is 5.54 Å². The second kappa shape index (κ2) is 5.83. The largest absolute Gasteiger partial charge is 0.339 e. The molecule has 1 aromatic heterocycles. The molecule has 0 saturated heterocycles. The zero-order valence-corrected chi connectivity index (χ0v) is 11.6. The van der Waals surface area contributed by atoms with E-state index < -0.39 is 0 Å². The number of hydrogen-bond donors (Lipinski definition) is 1. The third-order valence-corrected chi connectivity index (χ3v) is 3.84. The molecule has 1 heterocycles. The van der Waals surface area contributed by atoms with Gasteiger partial charge in [-0.1, -0.05) is 44.7 Å².